The Morgan fingerprint density at radius 1 is 1.00 bits per heavy atom. The maximum absolute atomic E-state index is 13.6. The summed E-state index contributed by atoms with van der Waals surface area (Å²) in [7, 11) is 0. The molecule has 0 radical (unpaired) electrons. The Hall–Kier alpha value is -4.12. The first-order valence-electron chi connectivity index (χ1n) is 11.8. The van der Waals surface area contributed by atoms with Crippen LogP contribution in [0.2, 0.25) is 0 Å². The van der Waals surface area contributed by atoms with Crippen LogP contribution in [-0.4, -0.2) is 16.9 Å². The van der Waals surface area contributed by atoms with Gasteiger partial charge >= 0.3 is 5.97 Å². The molecule has 2 aliphatic rings. The van der Waals surface area contributed by atoms with Crippen LogP contribution in [0, 0.1) is 5.41 Å². The average Bonchev–Trinajstić information content (AvgIpc) is 3.33. The van der Waals surface area contributed by atoms with E-state index in [9.17, 15) is 14.7 Å². The number of allylic oxidation sites excluding steroid dienone is 1. The first kappa shape index (κ1) is 21.4. The maximum Gasteiger partial charge on any atom is 0.335 e. The Morgan fingerprint density at radius 3 is 2.66 bits per heavy atom. The molecule has 2 heterocycles. The van der Waals surface area contributed by atoms with Crippen molar-refractivity contribution in [2.24, 2.45) is 5.41 Å². The van der Waals surface area contributed by atoms with E-state index in [-0.39, 0.29) is 16.8 Å². The van der Waals surface area contributed by atoms with Crippen LogP contribution in [0.1, 0.15) is 54.4 Å². The van der Waals surface area contributed by atoms with Crippen LogP contribution in [0.4, 0.5) is 5.69 Å². The number of carboxylic acids is 1. The molecule has 174 valence electrons. The Kier molecular flexibility index (Phi) is 4.71. The van der Waals surface area contributed by atoms with Crippen molar-refractivity contribution in [3.63, 3.8) is 0 Å². The van der Waals surface area contributed by atoms with Gasteiger partial charge in [0.05, 0.1) is 5.56 Å². The number of ketones is 1. The minimum absolute atomic E-state index is 0.127. The largest absolute Gasteiger partial charge is 0.478 e. The van der Waals surface area contributed by atoms with Crippen LogP contribution in [0.3, 0.4) is 0 Å². The SMILES string of the molecule is CC1(C)CC(=O)C2=C(C1)c1c(ccc3ccccc13)NC2c1ccc(-c2cccc(C(=O)O)c2)o1. The van der Waals surface area contributed by atoms with Crippen molar-refractivity contribution in [1.82, 2.24) is 0 Å². The number of anilines is 1. The second kappa shape index (κ2) is 7.70. The van der Waals surface area contributed by atoms with Crippen LogP contribution in [-0.2, 0) is 4.79 Å². The molecule has 5 nitrogen and oxygen atoms in total. The molecule has 0 saturated heterocycles. The monoisotopic (exact) mass is 463 g/mol. The minimum Gasteiger partial charge on any atom is -0.478 e. The summed E-state index contributed by atoms with van der Waals surface area (Å²) < 4.78 is 6.25. The first-order valence-corrected chi connectivity index (χ1v) is 11.8. The molecular formula is C30H25NO4. The van der Waals surface area contributed by atoms with E-state index in [1.54, 1.807) is 18.2 Å². The minimum atomic E-state index is -0.985. The molecule has 6 rings (SSSR count). The molecule has 1 atom stereocenters. The summed E-state index contributed by atoms with van der Waals surface area (Å²) in [6.07, 6.45) is 1.29. The van der Waals surface area contributed by atoms with Gasteiger partial charge < -0.3 is 14.8 Å². The van der Waals surface area contributed by atoms with Gasteiger partial charge in [0.1, 0.15) is 17.6 Å². The van der Waals surface area contributed by atoms with Crippen molar-refractivity contribution in [1.29, 1.82) is 0 Å². The number of fused-ring (bicyclic) bond motifs is 4. The second-order valence-corrected chi connectivity index (χ2v) is 10.2. The zero-order valence-corrected chi connectivity index (χ0v) is 19.6. The molecule has 0 amide bonds. The number of aromatic carboxylic acids is 1. The molecule has 1 unspecified atom stereocenters. The van der Waals surface area contributed by atoms with Gasteiger partial charge in [-0.15, -0.1) is 0 Å². The highest BCUT2D eigenvalue weighted by Crippen LogP contribution is 2.52. The molecular weight excluding hydrogens is 438 g/mol. The summed E-state index contributed by atoms with van der Waals surface area (Å²) in [5.74, 6) is 0.361. The topological polar surface area (TPSA) is 79.5 Å². The summed E-state index contributed by atoms with van der Waals surface area (Å²) in [6.45, 7) is 4.30. The Balaban J connectivity index is 1.50. The molecule has 1 aromatic heterocycles. The fourth-order valence-electron chi connectivity index (χ4n) is 5.52. The smallest absolute Gasteiger partial charge is 0.335 e. The lowest BCUT2D eigenvalue weighted by Crippen LogP contribution is -2.33. The van der Waals surface area contributed by atoms with Crippen LogP contribution < -0.4 is 5.32 Å². The van der Waals surface area contributed by atoms with Crippen LogP contribution in [0.25, 0.3) is 27.7 Å². The second-order valence-electron chi connectivity index (χ2n) is 10.2. The Morgan fingerprint density at radius 2 is 1.83 bits per heavy atom. The van der Waals surface area contributed by atoms with Crippen LogP contribution >= 0.6 is 0 Å². The van der Waals surface area contributed by atoms with Gasteiger partial charge in [-0.05, 0) is 58.5 Å². The molecule has 1 aliphatic carbocycles. The zero-order valence-electron chi connectivity index (χ0n) is 19.6. The van der Waals surface area contributed by atoms with E-state index in [0.29, 0.717) is 23.5 Å². The number of nitrogens with one attached hydrogen (secondary N) is 1. The predicted octanol–water partition coefficient (Wildman–Crippen LogP) is 7.11. The van der Waals surface area contributed by atoms with E-state index in [2.05, 4.69) is 43.4 Å². The van der Waals surface area contributed by atoms with Gasteiger partial charge in [0, 0.05) is 28.8 Å². The molecule has 0 fully saturated rings. The molecule has 0 saturated carbocycles. The Bertz CT molecular complexity index is 1560. The lowest BCUT2D eigenvalue weighted by atomic mass is 9.68. The number of hydrogen-bond acceptors (Lipinski definition) is 4. The lowest BCUT2D eigenvalue weighted by molar-refractivity contribution is -0.118. The molecule has 5 heteroatoms. The van der Waals surface area contributed by atoms with Crippen molar-refractivity contribution in [2.75, 3.05) is 5.32 Å². The summed E-state index contributed by atoms with van der Waals surface area (Å²) in [4.78, 5) is 25.0. The van der Waals surface area contributed by atoms with Gasteiger partial charge in [-0.2, -0.15) is 0 Å². The van der Waals surface area contributed by atoms with Gasteiger partial charge in [-0.1, -0.05) is 56.3 Å². The summed E-state index contributed by atoms with van der Waals surface area (Å²) in [5, 5.41) is 15.2. The average molecular weight is 464 g/mol. The number of rotatable bonds is 3. The fraction of sp³-hybridized carbons (Fsp3) is 0.200. The number of carbonyl (C=O) groups excluding carboxylic acids is 1. The molecule has 4 aromatic rings. The number of furan rings is 1. The van der Waals surface area contributed by atoms with Gasteiger partial charge in [0.25, 0.3) is 0 Å². The molecule has 35 heavy (non-hydrogen) atoms. The van der Waals surface area contributed by atoms with Crippen LogP contribution in [0.5, 0.6) is 0 Å². The lowest BCUT2D eigenvalue weighted by Gasteiger charge is -2.39. The molecule has 3 aromatic carbocycles. The van der Waals surface area contributed by atoms with E-state index in [0.717, 1.165) is 39.6 Å². The number of benzene rings is 3. The van der Waals surface area contributed by atoms with E-state index < -0.39 is 12.0 Å². The highest BCUT2D eigenvalue weighted by molar-refractivity contribution is 6.12. The van der Waals surface area contributed by atoms with Crippen molar-refractivity contribution >= 4 is 33.8 Å². The molecule has 0 bridgehead atoms. The van der Waals surface area contributed by atoms with Crippen molar-refractivity contribution < 1.29 is 19.1 Å². The molecule has 1 aliphatic heterocycles. The zero-order chi connectivity index (χ0) is 24.3. The van der Waals surface area contributed by atoms with E-state index in [1.807, 2.05) is 30.3 Å². The van der Waals surface area contributed by atoms with Gasteiger partial charge in [-0.3, -0.25) is 4.79 Å². The number of carboxylic acid groups (broad SMARTS) is 1. The third kappa shape index (κ3) is 3.55. The summed E-state index contributed by atoms with van der Waals surface area (Å²) >= 11 is 0. The highest BCUT2D eigenvalue weighted by atomic mass is 16.4. The quantitative estimate of drug-likeness (QED) is 0.338. The van der Waals surface area contributed by atoms with Gasteiger partial charge in [0.2, 0.25) is 0 Å². The van der Waals surface area contributed by atoms with Crippen molar-refractivity contribution in [2.45, 2.75) is 32.7 Å². The summed E-state index contributed by atoms with van der Waals surface area (Å²) in [6, 6.07) is 22.5. The first-order chi connectivity index (χ1) is 16.8. The van der Waals surface area contributed by atoms with E-state index in [1.165, 1.54) is 0 Å². The number of carbonyl (C=O) groups is 2. The predicted molar refractivity (Wildman–Crippen MR) is 136 cm³/mol. The van der Waals surface area contributed by atoms with Gasteiger partial charge in [0.15, 0.2) is 5.78 Å². The molecule has 0 spiro atoms. The van der Waals surface area contributed by atoms with Crippen molar-refractivity contribution in [3.8, 4) is 11.3 Å². The Labute approximate surface area is 203 Å². The number of Topliss-reactive ketones (excluding diaryl/α,β-unsaturated/α-hetero) is 1. The fourth-order valence-corrected chi connectivity index (χ4v) is 5.52. The van der Waals surface area contributed by atoms with E-state index >= 15 is 0 Å². The number of hydrogen-bond donors (Lipinski definition) is 2. The molecule has 2 N–H and O–H groups in total. The van der Waals surface area contributed by atoms with E-state index in [4.69, 9.17) is 4.42 Å². The third-order valence-electron chi connectivity index (χ3n) is 7.04. The van der Waals surface area contributed by atoms with Gasteiger partial charge in [-0.25, -0.2) is 4.79 Å². The normalized spacial score (nSPS) is 18.7. The highest BCUT2D eigenvalue weighted by Gasteiger charge is 2.41. The maximum atomic E-state index is 13.6. The van der Waals surface area contributed by atoms with Crippen molar-refractivity contribution in [3.05, 3.63) is 95.3 Å². The standard InChI is InChI=1S/C30H25NO4/c1-30(2)15-21-26-20-9-4-3-6-17(20)10-11-22(26)31-28(27(21)23(32)16-30)25-13-12-24(35-25)18-7-5-8-19(14-18)29(33)34/h3-14,28,31H,15-16H2,1-2H3,(H,33,34). The third-order valence-corrected chi connectivity index (χ3v) is 7.04. The van der Waals surface area contributed by atoms with Crippen LogP contribution in [0.15, 0.2) is 82.8 Å². The summed E-state index contributed by atoms with van der Waals surface area (Å²) in [5.41, 5.74) is 4.72.